The zero-order valence-electron chi connectivity index (χ0n) is 2.99. The Morgan fingerprint density at radius 1 is 2.00 bits per heavy atom. The first-order chi connectivity index (χ1) is 2.77. The van der Waals surface area contributed by atoms with Crippen LogP contribution in [0, 0.1) is 0 Å². The highest BCUT2D eigenvalue weighted by atomic mass is 35.5. The topological polar surface area (TPSA) is 20.2 Å². The van der Waals surface area contributed by atoms with Crippen molar-refractivity contribution in [2.45, 2.75) is 0 Å². The van der Waals surface area contributed by atoms with Crippen molar-refractivity contribution in [3.8, 4) is 0 Å². The molecule has 0 spiro atoms. The van der Waals surface area contributed by atoms with Crippen LogP contribution in [-0.4, -0.2) is 11.7 Å². The van der Waals surface area contributed by atoms with E-state index >= 15 is 0 Å². The Morgan fingerprint density at radius 2 is 2.50 bits per heavy atom. The minimum Gasteiger partial charge on any atom is -0.392 e. The third-order valence-electron chi connectivity index (χ3n) is 0.246. The van der Waals surface area contributed by atoms with Crippen LogP contribution in [0.15, 0.2) is 11.4 Å². The molecule has 36 valence electrons. The summed E-state index contributed by atoms with van der Waals surface area (Å²) in [6, 6.07) is 0. The molecule has 0 atom stereocenters. The SMILES string of the molecule is OCC=C(F)Cl. The summed E-state index contributed by atoms with van der Waals surface area (Å²) in [7, 11) is 0. The molecule has 6 heavy (non-hydrogen) atoms. The van der Waals surface area contributed by atoms with Crippen molar-refractivity contribution in [2.24, 2.45) is 0 Å². The van der Waals surface area contributed by atoms with Crippen LogP contribution in [0.25, 0.3) is 0 Å². The third kappa shape index (κ3) is 3.92. The molecule has 0 saturated heterocycles. The van der Waals surface area contributed by atoms with E-state index in [0.717, 1.165) is 6.08 Å². The van der Waals surface area contributed by atoms with Gasteiger partial charge in [0.25, 0.3) is 0 Å². The molecule has 1 N–H and O–H groups in total. The molecule has 0 saturated carbocycles. The quantitative estimate of drug-likeness (QED) is 0.535. The lowest BCUT2D eigenvalue weighted by Crippen LogP contribution is -1.68. The minimum atomic E-state index is -0.863. The van der Waals surface area contributed by atoms with E-state index in [2.05, 4.69) is 11.6 Å². The number of hydrogen-bond donors (Lipinski definition) is 1. The Kier molecular flexibility index (Phi) is 3.08. The van der Waals surface area contributed by atoms with E-state index in [0.29, 0.717) is 0 Å². The molecular weight excluding hydrogens is 106 g/mol. The molecule has 0 aliphatic heterocycles. The number of aliphatic hydroxyl groups excluding tert-OH is 1. The average Bonchev–Trinajstić information content (AvgIpc) is 1.35. The smallest absolute Gasteiger partial charge is 0.187 e. The van der Waals surface area contributed by atoms with E-state index in [9.17, 15) is 4.39 Å². The maximum atomic E-state index is 11.2. The van der Waals surface area contributed by atoms with Crippen LogP contribution in [-0.2, 0) is 0 Å². The summed E-state index contributed by atoms with van der Waals surface area (Å²) in [5, 5.41) is 6.97. The van der Waals surface area contributed by atoms with Crippen LogP contribution in [0.5, 0.6) is 0 Å². The monoisotopic (exact) mass is 110 g/mol. The van der Waals surface area contributed by atoms with Crippen molar-refractivity contribution in [3.05, 3.63) is 11.4 Å². The molecular formula is C3H4ClFO. The fourth-order valence-corrected chi connectivity index (χ4v) is 0.138. The van der Waals surface area contributed by atoms with Crippen molar-refractivity contribution >= 4 is 11.6 Å². The van der Waals surface area contributed by atoms with E-state index in [1.54, 1.807) is 0 Å². The molecule has 3 heteroatoms. The summed E-state index contributed by atoms with van der Waals surface area (Å²) in [5.41, 5.74) is 0. The average molecular weight is 111 g/mol. The summed E-state index contributed by atoms with van der Waals surface area (Å²) in [5.74, 6) is 0. The maximum absolute atomic E-state index is 11.2. The van der Waals surface area contributed by atoms with Gasteiger partial charge in [-0.2, -0.15) is 4.39 Å². The Bertz CT molecular complexity index is 57.8. The zero-order valence-corrected chi connectivity index (χ0v) is 3.74. The van der Waals surface area contributed by atoms with Gasteiger partial charge in [0.05, 0.1) is 6.61 Å². The van der Waals surface area contributed by atoms with Gasteiger partial charge < -0.3 is 5.11 Å². The van der Waals surface area contributed by atoms with Crippen LogP contribution < -0.4 is 0 Å². The molecule has 0 fully saturated rings. The molecule has 0 aromatic carbocycles. The first-order valence-electron chi connectivity index (χ1n) is 1.39. The molecule has 0 amide bonds. The molecule has 0 rings (SSSR count). The van der Waals surface area contributed by atoms with Crippen molar-refractivity contribution in [1.82, 2.24) is 0 Å². The molecule has 0 unspecified atom stereocenters. The number of rotatable bonds is 1. The minimum absolute atomic E-state index is 0.338. The summed E-state index contributed by atoms with van der Waals surface area (Å²) >= 11 is 4.61. The number of aliphatic hydroxyl groups is 1. The fraction of sp³-hybridized carbons (Fsp3) is 0.333. The molecule has 0 radical (unpaired) electrons. The second-order valence-electron chi connectivity index (χ2n) is 0.676. The maximum Gasteiger partial charge on any atom is 0.187 e. The molecule has 0 aliphatic carbocycles. The lowest BCUT2D eigenvalue weighted by atomic mass is 10.7. The Morgan fingerprint density at radius 3 is 2.50 bits per heavy atom. The Balaban J connectivity index is 3.14. The van der Waals surface area contributed by atoms with Crippen LogP contribution in [0.4, 0.5) is 4.39 Å². The van der Waals surface area contributed by atoms with E-state index in [4.69, 9.17) is 5.11 Å². The predicted molar refractivity (Wildman–Crippen MR) is 22.1 cm³/mol. The highest BCUT2D eigenvalue weighted by Gasteiger charge is 1.77. The second kappa shape index (κ2) is 3.12. The van der Waals surface area contributed by atoms with Crippen molar-refractivity contribution in [1.29, 1.82) is 0 Å². The summed E-state index contributed by atoms with van der Waals surface area (Å²) in [6.45, 7) is -0.338. The van der Waals surface area contributed by atoms with E-state index in [1.807, 2.05) is 0 Å². The first-order valence-corrected chi connectivity index (χ1v) is 1.77. The lowest BCUT2D eigenvalue weighted by Gasteiger charge is -1.72. The molecule has 0 aromatic heterocycles. The Hall–Kier alpha value is -0.0800. The predicted octanol–water partition coefficient (Wildman–Crippen LogP) is 1.03. The van der Waals surface area contributed by atoms with Gasteiger partial charge in [0, 0.05) is 0 Å². The standard InChI is InChI=1S/C3H4ClFO/c4-3(5)1-2-6/h1,6H,2H2. The van der Waals surface area contributed by atoms with E-state index in [-0.39, 0.29) is 6.61 Å². The van der Waals surface area contributed by atoms with Gasteiger partial charge in [-0.25, -0.2) is 0 Å². The van der Waals surface area contributed by atoms with Crippen molar-refractivity contribution in [2.75, 3.05) is 6.61 Å². The molecule has 0 bridgehead atoms. The van der Waals surface area contributed by atoms with Gasteiger partial charge in [0.1, 0.15) is 0 Å². The number of hydrogen-bond acceptors (Lipinski definition) is 1. The van der Waals surface area contributed by atoms with E-state index < -0.39 is 5.29 Å². The van der Waals surface area contributed by atoms with Crippen molar-refractivity contribution < 1.29 is 9.50 Å². The van der Waals surface area contributed by atoms with Gasteiger partial charge in [-0.05, 0) is 6.08 Å². The summed E-state index contributed by atoms with van der Waals surface area (Å²) < 4.78 is 11.2. The van der Waals surface area contributed by atoms with Crippen LogP contribution in [0.2, 0.25) is 0 Å². The van der Waals surface area contributed by atoms with Crippen LogP contribution >= 0.6 is 11.6 Å². The van der Waals surface area contributed by atoms with Crippen LogP contribution in [0.3, 0.4) is 0 Å². The zero-order chi connectivity index (χ0) is 4.99. The van der Waals surface area contributed by atoms with Gasteiger partial charge >= 0.3 is 0 Å². The van der Waals surface area contributed by atoms with Gasteiger partial charge in [-0.3, -0.25) is 0 Å². The number of halogens is 2. The lowest BCUT2D eigenvalue weighted by molar-refractivity contribution is 0.340. The van der Waals surface area contributed by atoms with Gasteiger partial charge in [0.15, 0.2) is 5.29 Å². The fourth-order valence-electron chi connectivity index (χ4n) is 0.0690. The summed E-state index contributed by atoms with van der Waals surface area (Å²) in [6.07, 6.45) is 0.863. The summed E-state index contributed by atoms with van der Waals surface area (Å²) in [4.78, 5) is 0. The largest absolute Gasteiger partial charge is 0.392 e. The highest BCUT2D eigenvalue weighted by molar-refractivity contribution is 6.28. The molecule has 0 heterocycles. The second-order valence-corrected chi connectivity index (χ2v) is 1.04. The van der Waals surface area contributed by atoms with E-state index in [1.165, 1.54) is 0 Å². The molecule has 0 aromatic rings. The normalized spacial score (nSPS) is 12.2. The van der Waals surface area contributed by atoms with Gasteiger partial charge in [-0.15, -0.1) is 0 Å². The highest BCUT2D eigenvalue weighted by Crippen LogP contribution is 1.98. The molecule has 1 nitrogen and oxygen atoms in total. The first kappa shape index (κ1) is 5.92. The van der Waals surface area contributed by atoms with Crippen molar-refractivity contribution in [3.63, 3.8) is 0 Å². The van der Waals surface area contributed by atoms with Crippen LogP contribution in [0.1, 0.15) is 0 Å². The molecule has 0 aliphatic rings. The third-order valence-corrected chi connectivity index (χ3v) is 0.400. The Labute approximate surface area is 40.0 Å². The van der Waals surface area contributed by atoms with Gasteiger partial charge in [-0.1, -0.05) is 11.6 Å². The van der Waals surface area contributed by atoms with Gasteiger partial charge in [0.2, 0.25) is 0 Å².